The second kappa shape index (κ2) is 4.56. The average molecular weight is 382 g/mol. The Hall–Kier alpha value is -0.0600. The van der Waals surface area contributed by atoms with Gasteiger partial charge in [-0.15, -0.1) is 0 Å². The molecule has 1 atom stereocenters. The van der Waals surface area contributed by atoms with Crippen LogP contribution in [-0.4, -0.2) is 15.8 Å². The zero-order chi connectivity index (χ0) is 12.7. The van der Waals surface area contributed by atoms with Crippen LogP contribution in [0.5, 0.6) is 0 Å². The van der Waals surface area contributed by atoms with Gasteiger partial charge < -0.3 is 4.74 Å². The lowest BCUT2D eigenvalue weighted by Crippen LogP contribution is -2.28. The summed E-state index contributed by atoms with van der Waals surface area (Å²) in [6.07, 6.45) is 0.667. The number of benzene rings is 1. The molecule has 92 valence electrons. The Morgan fingerprint density at radius 3 is 2.35 bits per heavy atom. The Bertz CT molecular complexity index is 444. The number of halogens is 3. The fourth-order valence-corrected chi connectivity index (χ4v) is 3.68. The molecule has 0 saturated heterocycles. The molecule has 0 aromatic heterocycles. The highest BCUT2D eigenvalue weighted by Crippen LogP contribution is 2.67. The highest BCUT2D eigenvalue weighted by atomic mass is 79.9. The zero-order valence-electron chi connectivity index (χ0n) is 9.17. The van der Waals surface area contributed by atoms with E-state index in [4.69, 9.17) is 16.3 Å². The quantitative estimate of drug-likeness (QED) is 0.583. The van der Waals surface area contributed by atoms with Crippen LogP contribution < -0.4 is 0 Å². The van der Waals surface area contributed by atoms with Crippen LogP contribution in [0.15, 0.2) is 24.3 Å². The van der Waals surface area contributed by atoms with Crippen molar-refractivity contribution in [1.29, 1.82) is 0 Å². The van der Waals surface area contributed by atoms with Gasteiger partial charge in [0.15, 0.2) is 0 Å². The topological polar surface area (TPSA) is 26.3 Å². The van der Waals surface area contributed by atoms with Crippen LogP contribution in [0.1, 0.15) is 18.9 Å². The van der Waals surface area contributed by atoms with Crippen LogP contribution in [0.4, 0.5) is 0 Å². The first-order valence-corrected chi connectivity index (χ1v) is 7.21. The summed E-state index contributed by atoms with van der Waals surface area (Å²) in [7, 11) is 0. The third-order valence-electron chi connectivity index (χ3n) is 2.95. The molecule has 1 aromatic carbocycles. The molecule has 0 heterocycles. The molecule has 1 fully saturated rings. The zero-order valence-corrected chi connectivity index (χ0v) is 13.1. The molecule has 2 rings (SSSR count). The minimum absolute atomic E-state index is 0.212. The smallest absolute Gasteiger partial charge is 0.318 e. The van der Waals surface area contributed by atoms with E-state index in [9.17, 15) is 4.79 Å². The maximum Gasteiger partial charge on any atom is 0.318 e. The van der Waals surface area contributed by atoms with Gasteiger partial charge in [-0.2, -0.15) is 0 Å². The molecule has 17 heavy (non-hydrogen) atoms. The Balaban J connectivity index is 2.37. The van der Waals surface area contributed by atoms with E-state index >= 15 is 0 Å². The summed E-state index contributed by atoms with van der Waals surface area (Å²) in [6, 6.07) is 7.30. The van der Waals surface area contributed by atoms with Crippen LogP contribution in [-0.2, 0) is 14.9 Å². The van der Waals surface area contributed by atoms with Crippen molar-refractivity contribution >= 4 is 49.4 Å². The summed E-state index contributed by atoms with van der Waals surface area (Å²) >= 11 is 12.9. The van der Waals surface area contributed by atoms with Crippen LogP contribution in [0.3, 0.4) is 0 Å². The largest absolute Gasteiger partial charge is 0.465 e. The van der Waals surface area contributed by atoms with E-state index in [1.807, 2.05) is 12.1 Å². The number of alkyl halides is 2. The number of rotatable bonds is 3. The van der Waals surface area contributed by atoms with Crippen molar-refractivity contribution in [2.24, 2.45) is 0 Å². The molecule has 0 aliphatic heterocycles. The van der Waals surface area contributed by atoms with Gasteiger partial charge in [0.2, 0.25) is 0 Å². The highest BCUT2D eigenvalue weighted by molar-refractivity contribution is 9.25. The summed E-state index contributed by atoms with van der Waals surface area (Å²) in [5, 5.41) is 0.656. The Morgan fingerprint density at radius 2 is 1.94 bits per heavy atom. The molecule has 1 aliphatic rings. The third-order valence-corrected chi connectivity index (χ3v) is 5.11. The lowest BCUT2D eigenvalue weighted by Gasteiger charge is -2.17. The van der Waals surface area contributed by atoms with Gasteiger partial charge in [0.1, 0.15) is 8.65 Å². The number of hydrogen-bond donors (Lipinski definition) is 0. The molecular weight excluding hydrogens is 371 g/mol. The molecule has 1 unspecified atom stereocenters. The van der Waals surface area contributed by atoms with Gasteiger partial charge in [-0.25, -0.2) is 0 Å². The maximum atomic E-state index is 12.1. The molecule has 0 bridgehead atoms. The van der Waals surface area contributed by atoms with Crippen molar-refractivity contribution < 1.29 is 9.53 Å². The average Bonchev–Trinajstić information content (AvgIpc) is 2.84. The van der Waals surface area contributed by atoms with Crippen LogP contribution in [0.25, 0.3) is 0 Å². The highest BCUT2D eigenvalue weighted by Gasteiger charge is 2.72. The fraction of sp³-hybridized carbons (Fsp3) is 0.417. The SMILES string of the molecule is CCOC(=O)C1(c2ccc(Cl)cc2)CC1(Br)Br. The van der Waals surface area contributed by atoms with Gasteiger partial charge in [-0.05, 0) is 31.0 Å². The number of esters is 1. The third kappa shape index (κ3) is 2.15. The molecule has 0 radical (unpaired) electrons. The second-order valence-electron chi connectivity index (χ2n) is 4.01. The Kier molecular flexibility index (Phi) is 3.59. The van der Waals surface area contributed by atoms with Crippen LogP contribution in [0.2, 0.25) is 5.02 Å². The molecule has 2 nitrogen and oxygen atoms in total. The first kappa shape index (κ1) is 13.4. The predicted molar refractivity (Wildman–Crippen MR) is 75.0 cm³/mol. The number of ether oxygens (including phenoxy) is 1. The van der Waals surface area contributed by atoms with Crippen molar-refractivity contribution in [2.45, 2.75) is 22.0 Å². The van der Waals surface area contributed by atoms with Gasteiger partial charge in [-0.1, -0.05) is 55.6 Å². The number of carbonyl (C=O) groups excluding carboxylic acids is 1. The van der Waals surface area contributed by atoms with Gasteiger partial charge in [0.05, 0.1) is 6.61 Å². The second-order valence-corrected chi connectivity index (χ2v) is 8.22. The molecule has 1 aliphatic carbocycles. The summed E-state index contributed by atoms with van der Waals surface area (Å²) in [4.78, 5) is 12.1. The Morgan fingerprint density at radius 1 is 1.41 bits per heavy atom. The molecule has 1 saturated carbocycles. The molecule has 0 N–H and O–H groups in total. The van der Waals surface area contributed by atoms with Crippen molar-refractivity contribution in [1.82, 2.24) is 0 Å². The van der Waals surface area contributed by atoms with Crippen LogP contribution in [0, 0.1) is 0 Å². The summed E-state index contributed by atoms with van der Waals surface area (Å²) in [6.45, 7) is 2.18. The van der Waals surface area contributed by atoms with E-state index in [0.29, 0.717) is 18.1 Å². The van der Waals surface area contributed by atoms with Gasteiger partial charge >= 0.3 is 5.97 Å². The molecule has 0 spiro atoms. The van der Waals surface area contributed by atoms with Crippen molar-refractivity contribution in [3.05, 3.63) is 34.9 Å². The monoisotopic (exact) mass is 380 g/mol. The predicted octanol–water partition coefficient (Wildman–Crippen LogP) is 4.03. The molecule has 1 aromatic rings. The lowest BCUT2D eigenvalue weighted by atomic mass is 9.96. The van der Waals surface area contributed by atoms with Gasteiger partial charge in [0, 0.05) is 5.02 Å². The van der Waals surface area contributed by atoms with Crippen molar-refractivity contribution in [3.63, 3.8) is 0 Å². The van der Waals surface area contributed by atoms with E-state index < -0.39 is 8.65 Å². The lowest BCUT2D eigenvalue weighted by molar-refractivity contribution is -0.146. The van der Waals surface area contributed by atoms with Crippen LogP contribution >= 0.6 is 43.5 Å². The summed E-state index contributed by atoms with van der Waals surface area (Å²) in [5.74, 6) is -0.212. The molecule has 0 amide bonds. The molecule has 5 heteroatoms. The molecular formula is C12H11Br2ClO2. The summed E-state index contributed by atoms with van der Waals surface area (Å²) in [5.41, 5.74) is 0.266. The van der Waals surface area contributed by atoms with E-state index in [1.54, 1.807) is 19.1 Å². The first-order chi connectivity index (χ1) is 7.94. The van der Waals surface area contributed by atoms with Crippen molar-refractivity contribution in [2.75, 3.05) is 6.61 Å². The van der Waals surface area contributed by atoms with Gasteiger partial charge in [-0.3, -0.25) is 4.79 Å². The maximum absolute atomic E-state index is 12.1. The van der Waals surface area contributed by atoms with E-state index in [0.717, 1.165) is 5.56 Å². The van der Waals surface area contributed by atoms with E-state index in [1.165, 1.54) is 0 Å². The number of carbonyl (C=O) groups is 1. The summed E-state index contributed by atoms with van der Waals surface area (Å²) < 4.78 is 4.75. The number of hydrogen-bond acceptors (Lipinski definition) is 2. The van der Waals surface area contributed by atoms with Crippen molar-refractivity contribution in [3.8, 4) is 0 Å². The fourth-order valence-electron chi connectivity index (χ4n) is 1.93. The first-order valence-electron chi connectivity index (χ1n) is 5.25. The van der Waals surface area contributed by atoms with E-state index in [2.05, 4.69) is 31.9 Å². The normalized spacial score (nSPS) is 25.4. The minimum Gasteiger partial charge on any atom is -0.465 e. The standard InChI is InChI=1S/C12H11Br2ClO2/c1-2-17-10(16)11(7-12(11,13)14)8-3-5-9(15)6-4-8/h3-6H,2,7H2,1H3. The Labute approximate surface area is 122 Å². The van der Waals surface area contributed by atoms with Gasteiger partial charge in [0.25, 0.3) is 0 Å². The van der Waals surface area contributed by atoms with E-state index in [-0.39, 0.29) is 5.97 Å². The minimum atomic E-state index is -0.645.